The number of aromatic amines is 1. The van der Waals surface area contributed by atoms with Crippen molar-refractivity contribution in [2.45, 2.75) is 57.9 Å². The van der Waals surface area contributed by atoms with Crippen LogP contribution < -0.4 is 10.1 Å². The molecule has 10 heteroatoms. The van der Waals surface area contributed by atoms with E-state index in [1.54, 1.807) is 25.6 Å². The fourth-order valence-corrected chi connectivity index (χ4v) is 4.77. The number of carbonyl (C=O) groups excluding carboxylic acids is 2. The molecule has 4 aromatic heterocycles. The average Bonchev–Trinajstić information content (AvgIpc) is 3.63. The molecule has 1 amide bonds. The molecule has 0 radical (unpaired) electrons. The van der Waals surface area contributed by atoms with E-state index < -0.39 is 6.04 Å². The van der Waals surface area contributed by atoms with Gasteiger partial charge >= 0.3 is 0 Å². The van der Waals surface area contributed by atoms with Gasteiger partial charge in [-0.1, -0.05) is 31.9 Å². The van der Waals surface area contributed by atoms with Crippen LogP contribution in [-0.4, -0.2) is 43.9 Å². The molecular weight excluding hydrogens is 508 g/mol. The Bertz CT molecular complexity index is 1630. The third-order valence-electron chi connectivity index (χ3n) is 6.95. The summed E-state index contributed by atoms with van der Waals surface area (Å²) in [6.45, 7) is 1.88. The van der Waals surface area contributed by atoms with Gasteiger partial charge in [-0.05, 0) is 36.6 Å². The lowest BCUT2D eigenvalue weighted by Gasteiger charge is -2.15. The second-order valence-electron chi connectivity index (χ2n) is 9.70. The number of benzene rings is 1. The van der Waals surface area contributed by atoms with Crippen LogP contribution in [0.5, 0.6) is 5.75 Å². The largest absolute Gasteiger partial charge is 0.496 e. The molecule has 0 bridgehead atoms. The standard InChI is InChI=1S/C30H32N6O4/c1-3-20(37)9-5-4-6-12-25(34-28(38)15-19-17-32-23-13-14-31-18-22(19)23)29-35-36-30(40-29)26-16-27(39-2)21-10-7-8-11-24(21)33-26/h7-8,10-11,13-14,16-18,25,32H,3-6,9,12,15H2,1-2H3,(H,34,38)/t25-/m0/s1. The molecule has 2 N–H and O–H groups in total. The lowest BCUT2D eigenvalue weighted by molar-refractivity contribution is -0.121. The number of carbonyl (C=O) groups is 2. The molecule has 5 rings (SSSR count). The molecule has 1 aromatic carbocycles. The van der Waals surface area contributed by atoms with Gasteiger partial charge in [-0.25, -0.2) is 4.98 Å². The zero-order valence-electron chi connectivity index (χ0n) is 22.6. The number of amides is 1. The van der Waals surface area contributed by atoms with Crippen molar-refractivity contribution in [3.05, 3.63) is 66.4 Å². The van der Waals surface area contributed by atoms with E-state index in [1.165, 1.54) is 0 Å². The maximum atomic E-state index is 13.2. The number of ketones is 1. The molecule has 0 aliphatic carbocycles. The summed E-state index contributed by atoms with van der Waals surface area (Å²) in [6, 6.07) is 10.8. The van der Waals surface area contributed by atoms with Gasteiger partial charge in [-0.2, -0.15) is 0 Å². The normalized spacial score (nSPS) is 12.1. The molecule has 1 atom stereocenters. The average molecular weight is 541 g/mol. The number of fused-ring (bicyclic) bond motifs is 2. The summed E-state index contributed by atoms with van der Waals surface area (Å²) in [5.74, 6) is 1.30. The number of nitrogens with one attached hydrogen (secondary N) is 2. The maximum Gasteiger partial charge on any atom is 0.266 e. The minimum Gasteiger partial charge on any atom is -0.496 e. The Morgan fingerprint density at radius 1 is 1.10 bits per heavy atom. The van der Waals surface area contributed by atoms with Crippen LogP contribution in [0.3, 0.4) is 0 Å². The summed E-state index contributed by atoms with van der Waals surface area (Å²) in [5, 5.41) is 13.4. The van der Waals surface area contributed by atoms with E-state index in [4.69, 9.17) is 9.15 Å². The highest BCUT2D eigenvalue weighted by molar-refractivity contribution is 5.89. The van der Waals surface area contributed by atoms with Crippen LogP contribution in [0.15, 0.2) is 59.4 Å². The lowest BCUT2D eigenvalue weighted by atomic mass is 10.0. The predicted octanol–water partition coefficient (Wildman–Crippen LogP) is 5.50. The van der Waals surface area contributed by atoms with E-state index >= 15 is 0 Å². The zero-order chi connectivity index (χ0) is 27.9. The lowest BCUT2D eigenvalue weighted by Crippen LogP contribution is -2.30. The second-order valence-corrected chi connectivity index (χ2v) is 9.70. The van der Waals surface area contributed by atoms with Crippen molar-refractivity contribution in [1.29, 1.82) is 0 Å². The molecular formula is C30H32N6O4. The van der Waals surface area contributed by atoms with Crippen LogP contribution in [0.1, 0.15) is 62.9 Å². The van der Waals surface area contributed by atoms with Gasteiger partial charge in [-0.15, -0.1) is 10.2 Å². The van der Waals surface area contributed by atoms with Gasteiger partial charge in [0, 0.05) is 53.8 Å². The highest BCUT2D eigenvalue weighted by Gasteiger charge is 2.23. The fraction of sp³-hybridized carbons (Fsp3) is 0.333. The first-order valence-corrected chi connectivity index (χ1v) is 13.5. The van der Waals surface area contributed by atoms with Crippen molar-refractivity contribution in [1.82, 2.24) is 30.5 Å². The van der Waals surface area contributed by atoms with Crippen molar-refractivity contribution in [3.63, 3.8) is 0 Å². The van der Waals surface area contributed by atoms with Crippen LogP contribution in [0, 0.1) is 0 Å². The van der Waals surface area contributed by atoms with Gasteiger partial charge < -0.3 is 19.5 Å². The molecule has 4 heterocycles. The molecule has 206 valence electrons. The van der Waals surface area contributed by atoms with E-state index in [0.29, 0.717) is 36.6 Å². The van der Waals surface area contributed by atoms with Gasteiger partial charge in [-0.3, -0.25) is 14.6 Å². The third-order valence-corrected chi connectivity index (χ3v) is 6.95. The number of pyridine rings is 2. The molecule has 0 aliphatic rings. The Kier molecular flexibility index (Phi) is 8.44. The number of hydrogen-bond donors (Lipinski definition) is 2. The molecule has 5 aromatic rings. The van der Waals surface area contributed by atoms with Gasteiger partial charge in [0.05, 0.1) is 19.0 Å². The van der Waals surface area contributed by atoms with Crippen LogP contribution in [-0.2, 0) is 16.0 Å². The van der Waals surface area contributed by atoms with E-state index in [9.17, 15) is 9.59 Å². The van der Waals surface area contributed by atoms with Crippen molar-refractivity contribution < 1.29 is 18.7 Å². The Labute approximate surface area is 231 Å². The molecule has 0 saturated heterocycles. The van der Waals surface area contributed by atoms with Crippen molar-refractivity contribution >= 4 is 33.5 Å². The number of hydrogen-bond acceptors (Lipinski definition) is 8. The molecule has 0 spiro atoms. The van der Waals surface area contributed by atoms with Gasteiger partial charge in [0.1, 0.15) is 23.3 Å². The first-order valence-electron chi connectivity index (χ1n) is 13.5. The Morgan fingerprint density at radius 2 is 1.98 bits per heavy atom. The Balaban J connectivity index is 1.34. The molecule has 40 heavy (non-hydrogen) atoms. The first kappa shape index (κ1) is 27.0. The summed E-state index contributed by atoms with van der Waals surface area (Å²) < 4.78 is 11.6. The molecule has 0 saturated carbocycles. The Morgan fingerprint density at radius 3 is 2.83 bits per heavy atom. The number of ether oxygens (including phenoxy) is 1. The fourth-order valence-electron chi connectivity index (χ4n) is 4.77. The molecule has 0 aliphatic heterocycles. The number of para-hydroxylation sites is 1. The van der Waals surface area contributed by atoms with E-state index in [1.807, 2.05) is 43.5 Å². The second kappa shape index (κ2) is 12.5. The van der Waals surface area contributed by atoms with Crippen molar-refractivity contribution in [3.8, 4) is 17.3 Å². The number of nitrogens with zero attached hydrogens (tertiary/aromatic N) is 4. The van der Waals surface area contributed by atoms with Crippen LogP contribution in [0.25, 0.3) is 33.4 Å². The van der Waals surface area contributed by atoms with Crippen molar-refractivity contribution in [2.75, 3.05) is 7.11 Å². The minimum atomic E-state index is -0.485. The maximum absolute atomic E-state index is 13.2. The summed E-state index contributed by atoms with van der Waals surface area (Å²) in [6.07, 6.45) is 9.65. The van der Waals surface area contributed by atoms with Crippen LogP contribution in [0.2, 0.25) is 0 Å². The first-order chi connectivity index (χ1) is 19.6. The van der Waals surface area contributed by atoms with E-state index in [-0.39, 0.29) is 24.0 Å². The summed E-state index contributed by atoms with van der Waals surface area (Å²) >= 11 is 0. The van der Waals surface area contributed by atoms with Crippen LogP contribution in [0.4, 0.5) is 0 Å². The predicted molar refractivity (Wildman–Crippen MR) is 151 cm³/mol. The van der Waals surface area contributed by atoms with Gasteiger partial charge in [0.2, 0.25) is 11.8 Å². The van der Waals surface area contributed by atoms with Crippen LogP contribution >= 0.6 is 0 Å². The quantitative estimate of drug-likeness (QED) is 0.187. The summed E-state index contributed by atoms with van der Waals surface area (Å²) in [7, 11) is 1.61. The molecule has 10 nitrogen and oxygen atoms in total. The number of Topliss-reactive ketones (excluding diaryl/α,β-unsaturated/α-hetero) is 1. The van der Waals surface area contributed by atoms with E-state index in [2.05, 4.69) is 30.5 Å². The minimum absolute atomic E-state index is 0.166. The number of aromatic nitrogens is 5. The number of rotatable bonds is 13. The van der Waals surface area contributed by atoms with E-state index in [0.717, 1.165) is 46.6 Å². The van der Waals surface area contributed by atoms with Gasteiger partial charge in [0.25, 0.3) is 5.89 Å². The SMILES string of the molecule is CCC(=O)CCCCC[C@H](NC(=O)Cc1c[nH]c2ccncc12)c1nnc(-c2cc(OC)c3ccccc3n2)o1. The number of H-pyrrole nitrogens is 1. The Hall–Kier alpha value is -4.60. The highest BCUT2D eigenvalue weighted by Crippen LogP contribution is 2.30. The molecule has 0 fully saturated rings. The van der Waals surface area contributed by atoms with Crippen molar-refractivity contribution in [2.24, 2.45) is 0 Å². The highest BCUT2D eigenvalue weighted by atomic mass is 16.5. The summed E-state index contributed by atoms with van der Waals surface area (Å²) in [4.78, 5) is 36.9. The van der Waals surface area contributed by atoms with Gasteiger partial charge in [0.15, 0.2) is 0 Å². The number of unbranched alkanes of at least 4 members (excludes halogenated alkanes) is 2. The topological polar surface area (TPSA) is 136 Å². The zero-order valence-corrected chi connectivity index (χ0v) is 22.6. The monoisotopic (exact) mass is 540 g/mol. The number of methoxy groups -OCH3 is 1. The third kappa shape index (κ3) is 6.17. The smallest absolute Gasteiger partial charge is 0.266 e. The molecule has 0 unspecified atom stereocenters. The summed E-state index contributed by atoms with van der Waals surface area (Å²) in [5.41, 5.74) is 3.02.